The molecule has 0 amide bonds. The lowest BCUT2D eigenvalue weighted by Crippen LogP contribution is -2.46. The Labute approximate surface area is 164 Å². The molecule has 0 radical (unpaired) electrons. The van der Waals surface area contributed by atoms with E-state index >= 15 is 0 Å². The maximum Gasteiger partial charge on any atom is 0.134 e. The molecule has 2 heterocycles. The minimum absolute atomic E-state index is 0.166. The first-order valence-electron chi connectivity index (χ1n) is 9.58. The Morgan fingerprint density at radius 1 is 0.893 bits per heavy atom. The largest absolute Gasteiger partial charge is 0.368 e. The first-order chi connectivity index (χ1) is 13.7. The molecule has 0 spiro atoms. The highest BCUT2D eigenvalue weighted by Crippen LogP contribution is 2.22. The molecule has 5 nitrogen and oxygen atoms in total. The molecular formula is C22H24FN5. The van der Waals surface area contributed by atoms with Crippen LogP contribution in [0.5, 0.6) is 0 Å². The fourth-order valence-electron chi connectivity index (χ4n) is 3.49. The van der Waals surface area contributed by atoms with Crippen LogP contribution in [0.2, 0.25) is 0 Å². The van der Waals surface area contributed by atoms with E-state index in [1.54, 1.807) is 6.33 Å². The van der Waals surface area contributed by atoms with Crippen LogP contribution < -0.4 is 15.1 Å². The Bertz CT molecular complexity index is 892. The van der Waals surface area contributed by atoms with E-state index < -0.39 is 0 Å². The van der Waals surface area contributed by atoms with E-state index in [2.05, 4.69) is 44.1 Å². The Morgan fingerprint density at radius 3 is 2.29 bits per heavy atom. The van der Waals surface area contributed by atoms with Crippen LogP contribution in [0.3, 0.4) is 0 Å². The number of piperazine rings is 1. The summed E-state index contributed by atoms with van der Waals surface area (Å²) in [6.07, 6.45) is 1.61. The number of hydrogen-bond donors (Lipinski definition) is 1. The van der Waals surface area contributed by atoms with E-state index in [4.69, 9.17) is 0 Å². The van der Waals surface area contributed by atoms with Gasteiger partial charge in [-0.1, -0.05) is 30.3 Å². The summed E-state index contributed by atoms with van der Waals surface area (Å²) in [7, 11) is 0. The quantitative estimate of drug-likeness (QED) is 0.725. The molecule has 1 atom stereocenters. The Balaban J connectivity index is 1.39. The molecule has 1 aromatic heterocycles. The summed E-state index contributed by atoms with van der Waals surface area (Å²) in [5.74, 6) is 1.55. The predicted molar refractivity (Wildman–Crippen MR) is 111 cm³/mol. The van der Waals surface area contributed by atoms with Crippen molar-refractivity contribution in [3.05, 3.63) is 78.4 Å². The monoisotopic (exact) mass is 377 g/mol. The molecule has 1 aliphatic heterocycles. The number of halogens is 1. The summed E-state index contributed by atoms with van der Waals surface area (Å²) < 4.78 is 13.1. The summed E-state index contributed by atoms with van der Waals surface area (Å²) in [5, 5.41) is 3.45. The molecule has 2 aromatic carbocycles. The van der Waals surface area contributed by atoms with Crippen LogP contribution in [0.15, 0.2) is 67.0 Å². The lowest BCUT2D eigenvalue weighted by molar-refractivity contribution is 0.624. The van der Waals surface area contributed by atoms with Gasteiger partial charge in [0.05, 0.1) is 0 Å². The molecule has 1 N–H and O–H groups in total. The first-order valence-corrected chi connectivity index (χ1v) is 9.58. The van der Waals surface area contributed by atoms with Gasteiger partial charge in [0.15, 0.2) is 0 Å². The molecule has 0 bridgehead atoms. The van der Waals surface area contributed by atoms with Gasteiger partial charge in [0.1, 0.15) is 23.8 Å². The molecule has 144 valence electrons. The van der Waals surface area contributed by atoms with E-state index in [0.717, 1.165) is 43.5 Å². The van der Waals surface area contributed by atoms with Crippen molar-refractivity contribution in [3.8, 4) is 0 Å². The number of nitrogens with zero attached hydrogens (tertiary/aromatic N) is 4. The highest BCUT2D eigenvalue weighted by atomic mass is 19.1. The van der Waals surface area contributed by atoms with Crippen molar-refractivity contribution in [2.75, 3.05) is 41.3 Å². The normalized spacial score (nSPS) is 15.4. The van der Waals surface area contributed by atoms with Gasteiger partial charge in [-0.25, -0.2) is 14.4 Å². The Hall–Kier alpha value is -3.15. The molecule has 1 fully saturated rings. The predicted octanol–water partition coefficient (Wildman–Crippen LogP) is 4.12. The average Bonchev–Trinajstić information content (AvgIpc) is 2.75. The van der Waals surface area contributed by atoms with Gasteiger partial charge in [-0.2, -0.15) is 0 Å². The van der Waals surface area contributed by atoms with Crippen molar-refractivity contribution in [1.82, 2.24) is 9.97 Å². The minimum Gasteiger partial charge on any atom is -0.368 e. The second-order valence-electron chi connectivity index (χ2n) is 6.99. The summed E-state index contributed by atoms with van der Waals surface area (Å²) in [6.45, 7) is 5.60. The van der Waals surface area contributed by atoms with Gasteiger partial charge in [-0.15, -0.1) is 0 Å². The fraction of sp³-hybridized carbons (Fsp3) is 0.273. The van der Waals surface area contributed by atoms with E-state index in [-0.39, 0.29) is 11.9 Å². The standard InChI is InChI=1S/C22H24FN5/c1-17(18-5-3-2-4-6-18)26-21-15-22(25-16-24-21)28-13-11-27(12-14-28)20-9-7-19(23)8-10-20/h2-10,15-17H,11-14H2,1H3,(H,24,25,26). The SMILES string of the molecule is CC(Nc1cc(N2CCN(c3ccc(F)cc3)CC2)ncn1)c1ccccc1. The fourth-order valence-corrected chi connectivity index (χ4v) is 3.49. The zero-order chi connectivity index (χ0) is 19.3. The Morgan fingerprint density at radius 2 is 1.57 bits per heavy atom. The molecular weight excluding hydrogens is 353 g/mol. The second kappa shape index (κ2) is 8.25. The average molecular weight is 377 g/mol. The number of hydrogen-bond acceptors (Lipinski definition) is 5. The van der Waals surface area contributed by atoms with Crippen molar-refractivity contribution >= 4 is 17.3 Å². The lowest BCUT2D eigenvalue weighted by atomic mass is 10.1. The summed E-state index contributed by atoms with van der Waals surface area (Å²) in [4.78, 5) is 13.4. The van der Waals surface area contributed by atoms with Gasteiger partial charge in [0, 0.05) is 44.0 Å². The third-order valence-corrected chi connectivity index (χ3v) is 5.11. The van der Waals surface area contributed by atoms with Crippen LogP contribution in [-0.4, -0.2) is 36.1 Å². The zero-order valence-corrected chi connectivity index (χ0v) is 15.9. The molecule has 1 saturated heterocycles. The third kappa shape index (κ3) is 4.22. The van der Waals surface area contributed by atoms with Crippen LogP contribution >= 0.6 is 0 Å². The van der Waals surface area contributed by atoms with Crippen molar-refractivity contribution in [1.29, 1.82) is 0 Å². The van der Waals surface area contributed by atoms with Crippen molar-refractivity contribution in [2.45, 2.75) is 13.0 Å². The highest BCUT2D eigenvalue weighted by Gasteiger charge is 2.19. The molecule has 0 aliphatic carbocycles. The second-order valence-corrected chi connectivity index (χ2v) is 6.99. The van der Waals surface area contributed by atoms with E-state index in [1.807, 2.05) is 36.4 Å². The third-order valence-electron chi connectivity index (χ3n) is 5.11. The Kier molecular flexibility index (Phi) is 5.37. The van der Waals surface area contributed by atoms with Crippen LogP contribution in [0, 0.1) is 5.82 Å². The van der Waals surface area contributed by atoms with Crippen LogP contribution in [0.1, 0.15) is 18.5 Å². The van der Waals surface area contributed by atoms with Crippen LogP contribution in [0.4, 0.5) is 21.7 Å². The lowest BCUT2D eigenvalue weighted by Gasteiger charge is -2.36. The maximum absolute atomic E-state index is 13.1. The van der Waals surface area contributed by atoms with Gasteiger partial charge >= 0.3 is 0 Å². The van der Waals surface area contributed by atoms with Crippen molar-refractivity contribution in [2.24, 2.45) is 0 Å². The molecule has 3 aromatic rings. The molecule has 28 heavy (non-hydrogen) atoms. The number of nitrogens with one attached hydrogen (secondary N) is 1. The van der Waals surface area contributed by atoms with Crippen molar-refractivity contribution < 1.29 is 4.39 Å². The van der Waals surface area contributed by atoms with Gasteiger partial charge in [0.25, 0.3) is 0 Å². The summed E-state index contributed by atoms with van der Waals surface area (Å²) >= 11 is 0. The summed E-state index contributed by atoms with van der Waals surface area (Å²) in [5.41, 5.74) is 2.28. The van der Waals surface area contributed by atoms with Gasteiger partial charge in [0.2, 0.25) is 0 Å². The number of anilines is 3. The molecule has 0 saturated carbocycles. The molecule has 1 unspecified atom stereocenters. The van der Waals surface area contributed by atoms with E-state index in [9.17, 15) is 4.39 Å². The summed E-state index contributed by atoms with van der Waals surface area (Å²) in [6, 6.07) is 19.2. The minimum atomic E-state index is -0.201. The van der Waals surface area contributed by atoms with Gasteiger partial charge in [-0.05, 0) is 36.8 Å². The van der Waals surface area contributed by atoms with Gasteiger partial charge in [-0.3, -0.25) is 0 Å². The van der Waals surface area contributed by atoms with Crippen molar-refractivity contribution in [3.63, 3.8) is 0 Å². The highest BCUT2D eigenvalue weighted by molar-refractivity contribution is 5.52. The molecule has 1 aliphatic rings. The molecule has 6 heteroatoms. The molecule has 4 rings (SSSR count). The smallest absolute Gasteiger partial charge is 0.134 e. The topological polar surface area (TPSA) is 44.3 Å². The van der Waals surface area contributed by atoms with Crippen LogP contribution in [-0.2, 0) is 0 Å². The van der Waals surface area contributed by atoms with Crippen LogP contribution in [0.25, 0.3) is 0 Å². The van der Waals surface area contributed by atoms with E-state index in [0.29, 0.717) is 0 Å². The first kappa shape index (κ1) is 18.2. The van der Waals surface area contributed by atoms with E-state index in [1.165, 1.54) is 17.7 Å². The maximum atomic E-state index is 13.1. The number of rotatable bonds is 5. The number of benzene rings is 2. The zero-order valence-electron chi connectivity index (χ0n) is 15.9. The number of aromatic nitrogens is 2. The van der Waals surface area contributed by atoms with Gasteiger partial charge < -0.3 is 15.1 Å².